The Hall–Kier alpha value is -1.23. The number of rotatable bonds is 3. The molecule has 1 heterocycles. The summed E-state index contributed by atoms with van der Waals surface area (Å²) in [4.78, 5) is 12.0. The van der Waals surface area contributed by atoms with Gasteiger partial charge in [0.05, 0.1) is 4.47 Å². The van der Waals surface area contributed by atoms with E-state index in [1.165, 1.54) is 0 Å². The van der Waals surface area contributed by atoms with Crippen molar-refractivity contribution in [3.8, 4) is 11.5 Å². The number of carbonyl (C=O) groups excluding carboxylic acids is 1. The second kappa shape index (κ2) is 5.61. The first-order chi connectivity index (χ1) is 8.61. The number of halogens is 1. The number of fused-ring (bicyclic) bond motifs is 1. The zero-order chi connectivity index (χ0) is 13.1. The molecule has 0 saturated carbocycles. The SMILES string of the molecule is CC[C@@H](C)NC(=O)c1cc(Br)c2c(c1)OCCO2. The molecule has 0 spiro atoms. The van der Waals surface area contributed by atoms with E-state index in [0.29, 0.717) is 30.3 Å². The summed E-state index contributed by atoms with van der Waals surface area (Å²) >= 11 is 3.40. The van der Waals surface area contributed by atoms with Crippen LogP contribution in [0.15, 0.2) is 16.6 Å². The smallest absolute Gasteiger partial charge is 0.251 e. The first kappa shape index (κ1) is 13.2. The van der Waals surface area contributed by atoms with Crippen molar-refractivity contribution in [2.24, 2.45) is 0 Å². The van der Waals surface area contributed by atoms with Gasteiger partial charge in [-0.2, -0.15) is 0 Å². The van der Waals surface area contributed by atoms with Gasteiger partial charge in [0, 0.05) is 11.6 Å². The molecule has 0 aromatic heterocycles. The van der Waals surface area contributed by atoms with Gasteiger partial charge in [0.15, 0.2) is 11.5 Å². The molecule has 0 unspecified atom stereocenters. The third-order valence-electron chi connectivity index (χ3n) is 2.85. The number of hydrogen-bond acceptors (Lipinski definition) is 3. The highest BCUT2D eigenvalue weighted by Crippen LogP contribution is 2.38. The maximum atomic E-state index is 12.0. The predicted octanol–water partition coefficient (Wildman–Crippen LogP) is 2.75. The minimum atomic E-state index is -0.0953. The van der Waals surface area contributed by atoms with Crippen molar-refractivity contribution in [2.75, 3.05) is 13.2 Å². The number of benzene rings is 1. The fourth-order valence-corrected chi connectivity index (χ4v) is 2.21. The fourth-order valence-electron chi connectivity index (χ4n) is 1.65. The summed E-state index contributed by atoms with van der Waals surface area (Å²) in [6.45, 7) is 5.05. The monoisotopic (exact) mass is 313 g/mol. The van der Waals surface area contributed by atoms with E-state index in [9.17, 15) is 4.79 Å². The first-order valence-corrected chi connectivity index (χ1v) is 6.81. The van der Waals surface area contributed by atoms with E-state index in [2.05, 4.69) is 21.2 Å². The number of ether oxygens (including phenoxy) is 2. The summed E-state index contributed by atoms with van der Waals surface area (Å²) < 4.78 is 11.7. The molecule has 1 aromatic rings. The number of carbonyl (C=O) groups is 1. The second-order valence-corrected chi connectivity index (χ2v) is 5.12. The predicted molar refractivity (Wildman–Crippen MR) is 72.4 cm³/mol. The van der Waals surface area contributed by atoms with Crippen LogP contribution in [0.3, 0.4) is 0 Å². The van der Waals surface area contributed by atoms with Gasteiger partial charge in [-0.1, -0.05) is 6.92 Å². The van der Waals surface area contributed by atoms with Crippen molar-refractivity contribution in [3.63, 3.8) is 0 Å². The average molecular weight is 314 g/mol. The molecule has 1 aliphatic rings. The third kappa shape index (κ3) is 2.77. The van der Waals surface area contributed by atoms with Crippen molar-refractivity contribution in [1.29, 1.82) is 0 Å². The van der Waals surface area contributed by atoms with E-state index in [0.717, 1.165) is 10.9 Å². The summed E-state index contributed by atoms with van der Waals surface area (Å²) in [5.74, 6) is 1.19. The Morgan fingerprint density at radius 2 is 2.17 bits per heavy atom. The van der Waals surface area contributed by atoms with Gasteiger partial charge in [0.25, 0.3) is 5.91 Å². The lowest BCUT2D eigenvalue weighted by Gasteiger charge is -2.20. The normalized spacial score (nSPS) is 15.1. The summed E-state index contributed by atoms with van der Waals surface area (Å²) in [5, 5.41) is 2.92. The van der Waals surface area contributed by atoms with E-state index in [1.54, 1.807) is 12.1 Å². The van der Waals surface area contributed by atoms with E-state index in [4.69, 9.17) is 9.47 Å². The summed E-state index contributed by atoms with van der Waals surface area (Å²) in [5.41, 5.74) is 0.575. The Balaban J connectivity index is 2.24. The molecule has 1 aliphatic heterocycles. The molecule has 0 aliphatic carbocycles. The molecule has 0 saturated heterocycles. The van der Waals surface area contributed by atoms with Gasteiger partial charge < -0.3 is 14.8 Å². The Kier molecular flexibility index (Phi) is 4.11. The molecule has 1 N–H and O–H groups in total. The standard InChI is InChI=1S/C13H16BrNO3/c1-3-8(2)15-13(16)9-6-10(14)12-11(7-9)17-4-5-18-12/h6-8H,3-5H2,1-2H3,(H,15,16)/t8-/m1/s1. The molecule has 18 heavy (non-hydrogen) atoms. The maximum absolute atomic E-state index is 12.0. The highest BCUT2D eigenvalue weighted by atomic mass is 79.9. The van der Waals surface area contributed by atoms with E-state index < -0.39 is 0 Å². The molecule has 0 bridgehead atoms. The van der Waals surface area contributed by atoms with Gasteiger partial charge in [-0.25, -0.2) is 0 Å². The highest BCUT2D eigenvalue weighted by molar-refractivity contribution is 9.10. The van der Waals surface area contributed by atoms with Gasteiger partial charge in [0.1, 0.15) is 13.2 Å². The molecule has 4 nitrogen and oxygen atoms in total. The van der Waals surface area contributed by atoms with Gasteiger partial charge in [0.2, 0.25) is 0 Å². The molecule has 0 fully saturated rings. The lowest BCUT2D eigenvalue weighted by atomic mass is 10.1. The molecule has 0 radical (unpaired) electrons. The minimum absolute atomic E-state index is 0.0953. The fraction of sp³-hybridized carbons (Fsp3) is 0.462. The summed E-state index contributed by atoms with van der Waals surface area (Å²) in [6.07, 6.45) is 0.900. The summed E-state index contributed by atoms with van der Waals surface area (Å²) in [6, 6.07) is 3.63. The zero-order valence-corrected chi connectivity index (χ0v) is 12.0. The molecule has 98 valence electrons. The number of nitrogens with one attached hydrogen (secondary N) is 1. The van der Waals surface area contributed by atoms with Crippen LogP contribution in [-0.2, 0) is 0 Å². The lowest BCUT2D eigenvalue weighted by Crippen LogP contribution is -2.32. The van der Waals surface area contributed by atoms with E-state index in [1.807, 2.05) is 13.8 Å². The highest BCUT2D eigenvalue weighted by Gasteiger charge is 2.19. The molecular formula is C13H16BrNO3. The van der Waals surface area contributed by atoms with Gasteiger partial charge in [-0.15, -0.1) is 0 Å². The number of hydrogen-bond donors (Lipinski definition) is 1. The van der Waals surface area contributed by atoms with Crippen LogP contribution >= 0.6 is 15.9 Å². The van der Waals surface area contributed by atoms with E-state index >= 15 is 0 Å². The lowest BCUT2D eigenvalue weighted by molar-refractivity contribution is 0.0938. The van der Waals surface area contributed by atoms with Crippen LogP contribution in [0, 0.1) is 0 Å². The van der Waals surface area contributed by atoms with Gasteiger partial charge in [-0.3, -0.25) is 4.79 Å². The van der Waals surface area contributed by atoms with Crippen molar-refractivity contribution < 1.29 is 14.3 Å². The largest absolute Gasteiger partial charge is 0.486 e. The van der Waals surface area contributed by atoms with Gasteiger partial charge >= 0.3 is 0 Å². The van der Waals surface area contributed by atoms with Crippen LogP contribution in [-0.4, -0.2) is 25.2 Å². The van der Waals surface area contributed by atoms with Crippen LogP contribution in [0.25, 0.3) is 0 Å². The molecule has 1 atom stereocenters. The minimum Gasteiger partial charge on any atom is -0.486 e. The number of amides is 1. The molecular weight excluding hydrogens is 298 g/mol. The Labute approximate surface area is 115 Å². The first-order valence-electron chi connectivity index (χ1n) is 6.01. The summed E-state index contributed by atoms with van der Waals surface area (Å²) in [7, 11) is 0. The average Bonchev–Trinajstić information content (AvgIpc) is 2.38. The van der Waals surface area contributed by atoms with Crippen molar-refractivity contribution in [3.05, 3.63) is 22.2 Å². The van der Waals surface area contributed by atoms with Crippen LogP contribution in [0.2, 0.25) is 0 Å². The van der Waals surface area contributed by atoms with E-state index in [-0.39, 0.29) is 11.9 Å². The molecule has 5 heteroatoms. The Morgan fingerprint density at radius 3 is 2.89 bits per heavy atom. The quantitative estimate of drug-likeness (QED) is 0.933. The van der Waals surface area contributed by atoms with Crippen LogP contribution in [0.1, 0.15) is 30.6 Å². The third-order valence-corrected chi connectivity index (χ3v) is 3.44. The molecule has 2 rings (SSSR count). The van der Waals surface area contributed by atoms with Crippen LogP contribution in [0.4, 0.5) is 0 Å². The van der Waals surface area contributed by atoms with Crippen molar-refractivity contribution in [1.82, 2.24) is 5.32 Å². The van der Waals surface area contributed by atoms with Crippen LogP contribution in [0.5, 0.6) is 11.5 Å². The second-order valence-electron chi connectivity index (χ2n) is 4.27. The van der Waals surface area contributed by atoms with Crippen molar-refractivity contribution in [2.45, 2.75) is 26.3 Å². The zero-order valence-electron chi connectivity index (χ0n) is 10.5. The van der Waals surface area contributed by atoms with Crippen LogP contribution < -0.4 is 14.8 Å². The van der Waals surface area contributed by atoms with Crippen molar-refractivity contribution >= 4 is 21.8 Å². The topological polar surface area (TPSA) is 47.6 Å². The van der Waals surface area contributed by atoms with Gasteiger partial charge in [-0.05, 0) is 41.4 Å². The molecule has 1 amide bonds. The Bertz CT molecular complexity index is 462. The Morgan fingerprint density at radius 1 is 1.44 bits per heavy atom. The molecule has 1 aromatic carbocycles. The maximum Gasteiger partial charge on any atom is 0.251 e.